The summed E-state index contributed by atoms with van der Waals surface area (Å²) in [6.07, 6.45) is 3.40. The van der Waals surface area contributed by atoms with Crippen LogP contribution in [0.1, 0.15) is 20.8 Å². The molecule has 0 atom stereocenters. The van der Waals surface area contributed by atoms with Crippen LogP contribution in [0.25, 0.3) is 11.6 Å². The van der Waals surface area contributed by atoms with Crippen molar-refractivity contribution in [3.8, 4) is 5.88 Å². The molecule has 0 aliphatic carbocycles. The average molecular weight is 424 g/mol. The Morgan fingerprint density at radius 3 is 2.76 bits per heavy atom. The van der Waals surface area contributed by atoms with Gasteiger partial charge in [-0.3, -0.25) is 25.3 Å². The topological polar surface area (TPSA) is 110 Å². The van der Waals surface area contributed by atoms with Crippen molar-refractivity contribution in [1.82, 2.24) is 4.68 Å². The summed E-state index contributed by atoms with van der Waals surface area (Å²) in [6.45, 7) is 0. The van der Waals surface area contributed by atoms with Crippen molar-refractivity contribution in [2.45, 2.75) is 0 Å². The van der Waals surface area contributed by atoms with Gasteiger partial charge in [-0.05, 0) is 30.4 Å². The van der Waals surface area contributed by atoms with E-state index in [1.165, 1.54) is 24.3 Å². The number of hydrogen-bond donors (Lipinski definition) is 2. The first-order chi connectivity index (χ1) is 14.0. The van der Waals surface area contributed by atoms with Gasteiger partial charge in [-0.2, -0.15) is 4.68 Å². The Kier molecular flexibility index (Phi) is 4.79. The highest BCUT2D eigenvalue weighted by atomic mass is 32.1. The van der Waals surface area contributed by atoms with Crippen LogP contribution in [-0.4, -0.2) is 26.8 Å². The molecule has 2 heterocycles. The molecule has 2 aromatic carbocycles. The number of fused-ring (bicyclic) bond motifs is 1. The molecule has 144 valence electrons. The summed E-state index contributed by atoms with van der Waals surface area (Å²) >= 11 is 6.33. The van der Waals surface area contributed by atoms with Gasteiger partial charge in [0.25, 0.3) is 11.6 Å². The Bertz CT molecular complexity index is 1270. The highest BCUT2D eigenvalue weighted by molar-refractivity contribution is 7.73. The number of nitrogens with one attached hydrogen (secondary N) is 1. The Labute approximate surface area is 173 Å². The lowest BCUT2D eigenvalue weighted by molar-refractivity contribution is -0.385. The fourth-order valence-corrected chi connectivity index (χ4v) is 4.04. The van der Waals surface area contributed by atoms with E-state index in [1.54, 1.807) is 12.3 Å². The zero-order valence-corrected chi connectivity index (χ0v) is 16.2. The van der Waals surface area contributed by atoms with Gasteiger partial charge in [0.15, 0.2) is 3.95 Å². The first kappa shape index (κ1) is 18.7. The maximum Gasteiger partial charge on any atom is 0.282 e. The van der Waals surface area contributed by atoms with Crippen molar-refractivity contribution < 1.29 is 14.8 Å². The summed E-state index contributed by atoms with van der Waals surface area (Å²) < 4.78 is 1.22. The number of aliphatic imine (C=N–C) groups is 1. The number of nitrogens with zero attached hydrogens (tertiary/aromatic N) is 3. The fraction of sp³-hybridized carbons (Fsp3) is 0. The molecule has 10 heteroatoms. The second-order valence-corrected chi connectivity index (χ2v) is 7.66. The summed E-state index contributed by atoms with van der Waals surface area (Å²) in [7, 11) is 0. The van der Waals surface area contributed by atoms with Gasteiger partial charge in [-0.15, -0.1) is 0 Å². The summed E-state index contributed by atoms with van der Waals surface area (Å²) in [6, 6.07) is 13.1. The number of carbonyl (C=O) groups is 1. The minimum absolute atomic E-state index is 0.137. The van der Waals surface area contributed by atoms with Crippen LogP contribution < -0.4 is 5.43 Å². The number of amides is 1. The van der Waals surface area contributed by atoms with Gasteiger partial charge < -0.3 is 5.11 Å². The summed E-state index contributed by atoms with van der Waals surface area (Å²) in [5.74, 6) is -1.02. The second-order valence-electron chi connectivity index (χ2n) is 5.98. The van der Waals surface area contributed by atoms with Crippen molar-refractivity contribution in [1.29, 1.82) is 0 Å². The molecule has 0 unspecified atom stereocenters. The molecule has 1 amide bonds. The molecule has 2 N–H and O–H groups in total. The van der Waals surface area contributed by atoms with E-state index in [1.807, 2.05) is 24.3 Å². The lowest BCUT2D eigenvalue weighted by atomic mass is 10.1. The van der Waals surface area contributed by atoms with Crippen LogP contribution in [0.2, 0.25) is 0 Å². The fourth-order valence-electron chi connectivity index (χ4n) is 2.86. The Morgan fingerprint density at radius 2 is 1.97 bits per heavy atom. The molecule has 4 rings (SSSR count). The smallest absolute Gasteiger partial charge is 0.282 e. The second kappa shape index (κ2) is 7.41. The molecule has 8 nitrogen and oxygen atoms in total. The number of hydrogen-bond acceptors (Lipinski definition) is 7. The molecule has 1 aliphatic heterocycles. The number of benzene rings is 2. The van der Waals surface area contributed by atoms with Gasteiger partial charge in [0.1, 0.15) is 5.56 Å². The number of aromatic nitrogens is 1. The lowest BCUT2D eigenvalue weighted by Crippen LogP contribution is -2.23. The molecule has 0 spiro atoms. The highest BCUT2D eigenvalue weighted by Gasteiger charge is 2.22. The summed E-state index contributed by atoms with van der Waals surface area (Å²) in [5.41, 5.74) is 4.48. The zero-order chi connectivity index (χ0) is 20.5. The zero-order valence-electron chi connectivity index (χ0n) is 14.6. The third-order valence-electron chi connectivity index (χ3n) is 4.22. The van der Waals surface area contributed by atoms with E-state index in [9.17, 15) is 20.0 Å². The third kappa shape index (κ3) is 3.46. The van der Waals surface area contributed by atoms with Crippen LogP contribution in [0.3, 0.4) is 0 Å². The summed E-state index contributed by atoms with van der Waals surface area (Å²) in [5, 5.41) is 21.7. The molecule has 1 aliphatic rings. The monoisotopic (exact) mass is 424 g/mol. The predicted octanol–water partition coefficient (Wildman–Crippen LogP) is 4.53. The van der Waals surface area contributed by atoms with Gasteiger partial charge in [0, 0.05) is 23.4 Å². The van der Waals surface area contributed by atoms with Crippen LogP contribution in [0.15, 0.2) is 53.5 Å². The minimum atomic E-state index is -0.756. The first-order valence-corrected chi connectivity index (χ1v) is 9.53. The molecular weight excluding hydrogens is 412 g/mol. The molecule has 29 heavy (non-hydrogen) atoms. The number of allylic oxidation sites excluding steroid dienone is 1. The largest absolute Gasteiger partial charge is 0.492 e. The van der Waals surface area contributed by atoms with Gasteiger partial charge in [-0.25, -0.2) is 0 Å². The molecular formula is C19H12N4O4S2. The van der Waals surface area contributed by atoms with E-state index < -0.39 is 10.8 Å². The van der Waals surface area contributed by atoms with Crippen LogP contribution in [0, 0.1) is 14.1 Å². The van der Waals surface area contributed by atoms with E-state index in [2.05, 4.69) is 10.4 Å². The number of aromatic hydroxyl groups is 1. The first-order valence-electron chi connectivity index (χ1n) is 8.30. The van der Waals surface area contributed by atoms with Gasteiger partial charge in [0.05, 0.1) is 15.5 Å². The number of rotatable bonds is 4. The van der Waals surface area contributed by atoms with Crippen LogP contribution in [0.4, 0.5) is 11.4 Å². The standard InChI is InChI=1S/C19H12N4O4S2/c24-17(13-6-2-4-8-15(13)23(26)27)21-22-18(25)16(29-19(22)28)9-11-10-20-14-7-3-1-5-12(11)14/h1-10,25H,(H,21,24)/b11-9+. The van der Waals surface area contributed by atoms with Gasteiger partial charge in [0.2, 0.25) is 5.88 Å². The molecule has 0 bridgehead atoms. The molecule has 0 saturated carbocycles. The molecule has 0 saturated heterocycles. The van der Waals surface area contributed by atoms with E-state index in [0.717, 1.165) is 32.8 Å². The molecule has 1 aromatic heterocycles. The number of carbonyl (C=O) groups excluding carboxylic acids is 1. The van der Waals surface area contributed by atoms with Crippen LogP contribution in [-0.2, 0) is 0 Å². The molecule has 3 aromatic rings. The molecule has 0 fully saturated rings. The van der Waals surface area contributed by atoms with Crippen LogP contribution >= 0.6 is 23.6 Å². The summed E-state index contributed by atoms with van der Waals surface area (Å²) in [4.78, 5) is 27.8. The SMILES string of the molecule is O=C(Nn1c(O)c(/C=C2\C=Nc3ccccc32)sc1=S)c1ccccc1[N+](=O)[O-]. The number of nitro benzene ring substituents is 1. The van der Waals surface area contributed by atoms with Crippen LogP contribution in [0.5, 0.6) is 5.88 Å². The number of thiazole rings is 1. The van der Waals surface area contributed by atoms with Crippen molar-refractivity contribution >= 4 is 58.7 Å². The Morgan fingerprint density at radius 1 is 1.24 bits per heavy atom. The maximum atomic E-state index is 12.5. The number of nitro groups is 1. The average Bonchev–Trinajstić information content (AvgIpc) is 3.24. The van der Waals surface area contributed by atoms with E-state index in [4.69, 9.17) is 12.2 Å². The Balaban J connectivity index is 1.67. The Hall–Kier alpha value is -3.63. The maximum absolute atomic E-state index is 12.5. The van der Waals surface area contributed by atoms with Crippen molar-refractivity contribution in [3.63, 3.8) is 0 Å². The van der Waals surface area contributed by atoms with Crippen molar-refractivity contribution in [2.75, 3.05) is 5.43 Å². The predicted molar refractivity (Wildman–Crippen MR) is 114 cm³/mol. The lowest BCUT2D eigenvalue weighted by Gasteiger charge is -2.07. The molecule has 0 radical (unpaired) electrons. The quantitative estimate of drug-likeness (QED) is 0.363. The van der Waals surface area contributed by atoms with E-state index in [-0.39, 0.29) is 21.1 Å². The van der Waals surface area contributed by atoms with Crippen molar-refractivity contribution in [3.05, 3.63) is 78.6 Å². The van der Waals surface area contributed by atoms with Gasteiger partial charge >= 0.3 is 0 Å². The van der Waals surface area contributed by atoms with Gasteiger partial charge in [-0.1, -0.05) is 41.7 Å². The minimum Gasteiger partial charge on any atom is -0.492 e. The highest BCUT2D eigenvalue weighted by Crippen LogP contribution is 2.35. The van der Waals surface area contributed by atoms with E-state index in [0.29, 0.717) is 4.88 Å². The third-order valence-corrected chi connectivity index (χ3v) is 5.53. The van der Waals surface area contributed by atoms with E-state index >= 15 is 0 Å². The number of para-hydroxylation sites is 2. The normalized spacial score (nSPS) is 13.4. The van der Waals surface area contributed by atoms with Crippen molar-refractivity contribution in [2.24, 2.45) is 4.99 Å².